The van der Waals surface area contributed by atoms with Crippen molar-refractivity contribution >= 4 is 11.6 Å². The Bertz CT molecular complexity index is 554. The monoisotopic (exact) mass is 320 g/mol. The Labute approximate surface area is 136 Å². The van der Waals surface area contributed by atoms with Crippen molar-refractivity contribution in [1.82, 2.24) is 5.32 Å². The number of hydrogen-bond acceptors (Lipinski definition) is 3. The molecule has 1 heterocycles. The van der Waals surface area contributed by atoms with Gasteiger partial charge in [-0.2, -0.15) is 0 Å². The lowest BCUT2D eigenvalue weighted by molar-refractivity contribution is 0.122. The largest absolute Gasteiger partial charge is 0.378 e. The zero-order chi connectivity index (χ0) is 16.1. The summed E-state index contributed by atoms with van der Waals surface area (Å²) in [6.07, 6.45) is 3.85. The van der Waals surface area contributed by atoms with Gasteiger partial charge in [0, 0.05) is 25.3 Å². The van der Waals surface area contributed by atoms with E-state index in [-0.39, 0.29) is 5.82 Å². The fraction of sp³-hybridized carbons (Fsp3) is 0.588. The summed E-state index contributed by atoms with van der Waals surface area (Å²) in [4.78, 5) is 6.59. The molecule has 1 saturated carbocycles. The van der Waals surface area contributed by atoms with Crippen molar-refractivity contribution in [2.75, 3.05) is 37.7 Å². The average Bonchev–Trinajstić information content (AvgIpc) is 2.52. The summed E-state index contributed by atoms with van der Waals surface area (Å²) in [7, 11) is 0. The fourth-order valence-corrected chi connectivity index (χ4v) is 2.97. The molecule has 0 spiro atoms. The minimum absolute atomic E-state index is 0.242. The predicted octanol–water partition coefficient (Wildman–Crippen LogP) is 1.87. The molecule has 3 rings (SSSR count). The van der Waals surface area contributed by atoms with E-state index in [2.05, 4.69) is 15.2 Å². The van der Waals surface area contributed by atoms with Gasteiger partial charge in [0.05, 0.1) is 19.8 Å². The highest BCUT2D eigenvalue weighted by Crippen LogP contribution is 2.25. The van der Waals surface area contributed by atoms with E-state index in [0.29, 0.717) is 25.7 Å². The van der Waals surface area contributed by atoms with E-state index in [4.69, 9.17) is 10.5 Å². The van der Waals surface area contributed by atoms with E-state index in [1.807, 2.05) is 6.07 Å². The number of rotatable bonds is 5. The van der Waals surface area contributed by atoms with Gasteiger partial charge in [0.25, 0.3) is 0 Å². The quantitative estimate of drug-likeness (QED) is 0.642. The third kappa shape index (κ3) is 4.34. The molecule has 2 fully saturated rings. The van der Waals surface area contributed by atoms with E-state index >= 15 is 0 Å². The molecule has 23 heavy (non-hydrogen) atoms. The van der Waals surface area contributed by atoms with E-state index in [1.165, 1.54) is 25.3 Å². The second-order valence-corrected chi connectivity index (χ2v) is 6.25. The normalized spacial score (nSPS) is 19.5. The lowest BCUT2D eigenvalue weighted by Gasteiger charge is -2.30. The first-order valence-electron chi connectivity index (χ1n) is 8.37. The van der Waals surface area contributed by atoms with Crippen LogP contribution in [0.3, 0.4) is 0 Å². The highest BCUT2D eigenvalue weighted by atomic mass is 19.1. The number of morpholine rings is 1. The van der Waals surface area contributed by atoms with Crippen LogP contribution in [0.2, 0.25) is 0 Å². The van der Waals surface area contributed by atoms with Crippen LogP contribution in [0.1, 0.15) is 24.8 Å². The summed E-state index contributed by atoms with van der Waals surface area (Å²) in [5.74, 6) is 0.920. The number of benzene rings is 1. The number of nitrogens with two attached hydrogens (primary N) is 1. The zero-order valence-corrected chi connectivity index (χ0v) is 13.4. The minimum atomic E-state index is -0.242. The van der Waals surface area contributed by atoms with Crippen LogP contribution in [-0.2, 0) is 11.3 Å². The number of hydrogen-bond donors (Lipinski definition) is 2. The Balaban J connectivity index is 1.64. The Morgan fingerprint density at radius 3 is 2.83 bits per heavy atom. The molecule has 0 aromatic heterocycles. The van der Waals surface area contributed by atoms with Gasteiger partial charge in [0.2, 0.25) is 0 Å². The third-order valence-corrected chi connectivity index (χ3v) is 4.61. The highest BCUT2D eigenvalue weighted by molar-refractivity contribution is 5.78. The summed E-state index contributed by atoms with van der Waals surface area (Å²) in [5, 5.41) is 3.17. The van der Waals surface area contributed by atoms with Crippen LogP contribution in [0.25, 0.3) is 0 Å². The molecule has 2 aliphatic rings. The highest BCUT2D eigenvalue weighted by Gasteiger charge is 2.17. The van der Waals surface area contributed by atoms with Gasteiger partial charge in [-0.15, -0.1) is 0 Å². The van der Waals surface area contributed by atoms with Crippen molar-refractivity contribution in [3.8, 4) is 0 Å². The van der Waals surface area contributed by atoms with Gasteiger partial charge in [-0.05, 0) is 42.5 Å². The van der Waals surface area contributed by atoms with Crippen LogP contribution < -0.4 is 16.0 Å². The lowest BCUT2D eigenvalue weighted by Crippen LogP contribution is -2.37. The molecule has 0 unspecified atom stereocenters. The fourth-order valence-electron chi connectivity index (χ4n) is 2.97. The average molecular weight is 320 g/mol. The van der Waals surface area contributed by atoms with Gasteiger partial charge in [-0.3, -0.25) is 0 Å². The third-order valence-electron chi connectivity index (χ3n) is 4.61. The van der Waals surface area contributed by atoms with Gasteiger partial charge in [-0.25, -0.2) is 9.38 Å². The number of nitrogens with zero attached hydrogens (tertiary/aromatic N) is 2. The van der Waals surface area contributed by atoms with Crippen LogP contribution in [0, 0.1) is 11.7 Å². The Morgan fingerprint density at radius 2 is 2.13 bits per heavy atom. The van der Waals surface area contributed by atoms with Crippen molar-refractivity contribution in [2.45, 2.75) is 25.8 Å². The van der Waals surface area contributed by atoms with Crippen LogP contribution in [0.5, 0.6) is 0 Å². The van der Waals surface area contributed by atoms with Gasteiger partial charge in [0.1, 0.15) is 5.82 Å². The second-order valence-electron chi connectivity index (χ2n) is 6.25. The first kappa shape index (κ1) is 16.1. The molecule has 1 aromatic rings. The molecule has 1 saturated heterocycles. The van der Waals surface area contributed by atoms with Crippen molar-refractivity contribution in [2.24, 2.45) is 16.6 Å². The number of halogens is 1. The van der Waals surface area contributed by atoms with Crippen molar-refractivity contribution in [3.63, 3.8) is 0 Å². The second kappa shape index (κ2) is 7.64. The lowest BCUT2D eigenvalue weighted by atomic mass is 9.85. The van der Waals surface area contributed by atoms with Crippen LogP contribution >= 0.6 is 0 Å². The number of nitrogens with one attached hydrogen (secondary N) is 1. The molecule has 0 atom stereocenters. The van der Waals surface area contributed by atoms with Crippen LogP contribution in [0.4, 0.5) is 10.1 Å². The Morgan fingerprint density at radius 1 is 1.35 bits per heavy atom. The van der Waals surface area contributed by atoms with Crippen LogP contribution in [-0.4, -0.2) is 38.8 Å². The molecular formula is C17H25FN4O. The summed E-state index contributed by atoms with van der Waals surface area (Å²) in [5.41, 5.74) is 7.81. The maximum absolute atomic E-state index is 13.6. The van der Waals surface area contributed by atoms with Gasteiger partial charge >= 0.3 is 0 Å². The van der Waals surface area contributed by atoms with E-state index in [1.54, 1.807) is 6.07 Å². The van der Waals surface area contributed by atoms with E-state index in [0.717, 1.165) is 36.8 Å². The maximum atomic E-state index is 13.6. The molecule has 126 valence electrons. The summed E-state index contributed by atoms with van der Waals surface area (Å²) in [6.45, 7) is 4.30. The molecule has 1 aliphatic carbocycles. The predicted molar refractivity (Wildman–Crippen MR) is 90.1 cm³/mol. The van der Waals surface area contributed by atoms with Gasteiger partial charge < -0.3 is 20.7 Å². The van der Waals surface area contributed by atoms with E-state index < -0.39 is 0 Å². The van der Waals surface area contributed by atoms with Gasteiger partial charge in [0.15, 0.2) is 5.96 Å². The zero-order valence-electron chi connectivity index (χ0n) is 13.4. The topological polar surface area (TPSA) is 62.9 Å². The Kier molecular flexibility index (Phi) is 5.33. The number of ether oxygens (including phenoxy) is 1. The first-order chi connectivity index (χ1) is 11.2. The Hall–Kier alpha value is -1.82. The van der Waals surface area contributed by atoms with Crippen molar-refractivity contribution in [3.05, 3.63) is 29.6 Å². The van der Waals surface area contributed by atoms with Crippen molar-refractivity contribution in [1.29, 1.82) is 0 Å². The smallest absolute Gasteiger partial charge is 0.188 e. The molecule has 6 heteroatoms. The number of anilines is 1. The number of aliphatic imine (C=N–C) groups is 1. The molecule has 1 aromatic carbocycles. The number of guanidine groups is 1. The van der Waals surface area contributed by atoms with Crippen LogP contribution in [0.15, 0.2) is 23.2 Å². The molecule has 3 N–H and O–H groups in total. The minimum Gasteiger partial charge on any atom is -0.378 e. The first-order valence-corrected chi connectivity index (χ1v) is 8.37. The van der Waals surface area contributed by atoms with Gasteiger partial charge in [-0.1, -0.05) is 6.42 Å². The molecule has 5 nitrogen and oxygen atoms in total. The maximum Gasteiger partial charge on any atom is 0.188 e. The SMILES string of the molecule is NC(=NCc1cc(F)ccc1N1CCOCC1)NCC1CCC1. The molecule has 0 radical (unpaired) electrons. The van der Waals surface area contributed by atoms with E-state index in [9.17, 15) is 4.39 Å². The molecular weight excluding hydrogens is 295 g/mol. The molecule has 0 amide bonds. The van der Waals surface area contributed by atoms with Crippen molar-refractivity contribution < 1.29 is 9.13 Å². The molecule has 0 bridgehead atoms. The molecule has 1 aliphatic heterocycles. The standard InChI is InChI=1S/C17H25FN4O/c18-15-4-5-16(22-6-8-23-9-7-22)14(10-15)12-21-17(19)20-11-13-2-1-3-13/h4-5,10,13H,1-3,6-9,11-12H2,(H3,19,20,21). The summed E-state index contributed by atoms with van der Waals surface area (Å²) >= 11 is 0. The summed E-state index contributed by atoms with van der Waals surface area (Å²) < 4.78 is 19.0. The summed E-state index contributed by atoms with van der Waals surface area (Å²) in [6, 6.07) is 4.87.